The van der Waals surface area contributed by atoms with Gasteiger partial charge in [-0.3, -0.25) is 9.59 Å². The van der Waals surface area contributed by atoms with Crippen LogP contribution in [0.1, 0.15) is 50.3 Å². The van der Waals surface area contributed by atoms with E-state index in [1.165, 1.54) is 17.3 Å². The van der Waals surface area contributed by atoms with Gasteiger partial charge in [-0.1, -0.05) is 68.1 Å². The molecule has 0 saturated heterocycles. The monoisotopic (exact) mass is 517 g/mol. The Morgan fingerprint density at radius 3 is 2.43 bits per heavy atom. The quantitative estimate of drug-likeness (QED) is 0.485. The number of hydrogen-bond donors (Lipinski definition) is 2. The topological polar surface area (TPSA) is 77.0 Å². The maximum Gasteiger partial charge on any atom is 0.255 e. The van der Waals surface area contributed by atoms with E-state index in [4.69, 9.17) is 4.99 Å². The Kier molecular flexibility index (Phi) is 8.51. The van der Waals surface area contributed by atoms with Crippen molar-refractivity contribution in [3.63, 3.8) is 0 Å². The van der Waals surface area contributed by atoms with E-state index < -0.39 is 6.04 Å². The third kappa shape index (κ3) is 6.32. The molecule has 37 heavy (non-hydrogen) atoms. The number of rotatable bonds is 9. The van der Waals surface area contributed by atoms with E-state index in [1.807, 2.05) is 66.6 Å². The number of nitrogens with one attached hydrogen (secondary N) is 2. The van der Waals surface area contributed by atoms with Crippen molar-refractivity contribution in [1.29, 1.82) is 0 Å². The van der Waals surface area contributed by atoms with Crippen LogP contribution in [0.15, 0.2) is 82.0 Å². The van der Waals surface area contributed by atoms with E-state index in [0.717, 1.165) is 28.7 Å². The number of para-hydroxylation sites is 1. The third-order valence-electron chi connectivity index (χ3n) is 6.42. The summed E-state index contributed by atoms with van der Waals surface area (Å²) in [5.41, 5.74) is 5.03. The molecule has 0 aliphatic carbocycles. The minimum absolute atomic E-state index is 0.0505. The first-order chi connectivity index (χ1) is 17.7. The predicted octanol–water partition coefficient (Wildman–Crippen LogP) is 5.09. The van der Waals surface area contributed by atoms with E-state index in [0.29, 0.717) is 23.7 Å². The van der Waals surface area contributed by atoms with Gasteiger partial charge in [0.15, 0.2) is 5.17 Å². The molecule has 2 amide bonds. The highest BCUT2D eigenvalue weighted by Gasteiger charge is 2.40. The van der Waals surface area contributed by atoms with Gasteiger partial charge in [-0.2, -0.15) is 0 Å². The number of nitrogens with zero attached hydrogens (tertiary/aromatic N) is 3. The summed E-state index contributed by atoms with van der Waals surface area (Å²) in [6, 6.07) is 17.5. The van der Waals surface area contributed by atoms with Gasteiger partial charge >= 0.3 is 0 Å². The number of likely N-dealkylation sites (N-methyl/N-ethyl adjacent to an activating group) is 1. The Morgan fingerprint density at radius 2 is 1.78 bits per heavy atom. The number of carbonyl (C=O) groups excluding carboxylic acids is 2. The zero-order chi connectivity index (χ0) is 26.5. The summed E-state index contributed by atoms with van der Waals surface area (Å²) in [6.07, 6.45) is 0.215. The lowest BCUT2D eigenvalue weighted by molar-refractivity contribution is -0.120. The van der Waals surface area contributed by atoms with Crippen molar-refractivity contribution in [2.45, 2.75) is 39.2 Å². The second-order valence-corrected chi connectivity index (χ2v) is 10.7. The van der Waals surface area contributed by atoms with Crippen LogP contribution in [0.2, 0.25) is 0 Å². The van der Waals surface area contributed by atoms with Crippen LogP contribution >= 0.6 is 11.8 Å². The fourth-order valence-electron chi connectivity index (χ4n) is 4.40. The molecule has 1 atom stereocenters. The average Bonchev–Trinajstić information content (AvgIpc) is 3.25. The summed E-state index contributed by atoms with van der Waals surface area (Å²) in [5, 5.41) is 8.80. The molecule has 8 heteroatoms. The molecule has 2 heterocycles. The summed E-state index contributed by atoms with van der Waals surface area (Å²) in [4.78, 5) is 35.4. The molecule has 0 spiro atoms. The number of aliphatic imine (C=N–C) groups is 1. The van der Waals surface area contributed by atoms with Crippen molar-refractivity contribution in [3.05, 3.63) is 88.1 Å². The molecule has 2 aromatic rings. The number of amides is 2. The number of anilines is 1. The maximum atomic E-state index is 13.7. The summed E-state index contributed by atoms with van der Waals surface area (Å²) >= 11 is 1.49. The zero-order valence-corrected chi connectivity index (χ0v) is 22.9. The average molecular weight is 518 g/mol. The van der Waals surface area contributed by atoms with Gasteiger partial charge < -0.3 is 20.4 Å². The largest absolute Gasteiger partial charge is 0.354 e. The van der Waals surface area contributed by atoms with E-state index in [9.17, 15) is 9.59 Å². The van der Waals surface area contributed by atoms with Crippen molar-refractivity contribution >= 4 is 34.4 Å². The second-order valence-electron chi connectivity index (χ2n) is 9.86. The maximum absolute atomic E-state index is 13.7. The molecule has 2 aliphatic rings. The fourth-order valence-corrected chi connectivity index (χ4v) is 5.37. The first-order valence-corrected chi connectivity index (χ1v) is 13.4. The molecule has 2 N–H and O–H groups in total. The number of thioether (sulfide) groups is 1. The van der Waals surface area contributed by atoms with Gasteiger partial charge in [-0.05, 0) is 55.6 Å². The van der Waals surface area contributed by atoms with Gasteiger partial charge in [-0.15, -0.1) is 0 Å². The SMILES string of the molecule is CC1=C(C(=O)Nc2ccccc2)[C@H](c2ccc(C(C)C)cc2)N2C(CC(=O)NCCN(C)C)=CSC2=N1. The van der Waals surface area contributed by atoms with Gasteiger partial charge in [0, 0.05) is 24.5 Å². The Labute approximate surface area is 223 Å². The molecule has 0 radical (unpaired) electrons. The Balaban J connectivity index is 1.67. The Hall–Kier alpha value is -3.36. The smallest absolute Gasteiger partial charge is 0.255 e. The van der Waals surface area contributed by atoms with E-state index in [1.54, 1.807) is 0 Å². The van der Waals surface area contributed by atoms with Crippen molar-refractivity contribution in [2.24, 2.45) is 4.99 Å². The molecule has 2 aliphatic heterocycles. The van der Waals surface area contributed by atoms with Gasteiger partial charge in [0.05, 0.1) is 23.7 Å². The minimum Gasteiger partial charge on any atom is -0.354 e. The van der Waals surface area contributed by atoms with Crippen LogP contribution in [0.25, 0.3) is 0 Å². The Bertz CT molecular complexity index is 1230. The molecule has 0 bridgehead atoms. The lowest BCUT2D eigenvalue weighted by atomic mass is 9.91. The van der Waals surface area contributed by atoms with E-state index in [2.05, 4.69) is 48.7 Å². The molecular formula is C29H35N5O2S. The molecule has 2 aromatic carbocycles. The van der Waals surface area contributed by atoms with Crippen LogP contribution in [0.3, 0.4) is 0 Å². The lowest BCUT2D eigenvalue weighted by Gasteiger charge is -2.36. The first kappa shape index (κ1) is 26.7. The lowest BCUT2D eigenvalue weighted by Crippen LogP contribution is -2.39. The van der Waals surface area contributed by atoms with Crippen molar-refractivity contribution in [2.75, 3.05) is 32.5 Å². The zero-order valence-electron chi connectivity index (χ0n) is 22.1. The number of carbonyl (C=O) groups is 2. The highest BCUT2D eigenvalue weighted by molar-refractivity contribution is 8.16. The van der Waals surface area contributed by atoms with Gasteiger partial charge in [0.1, 0.15) is 0 Å². The van der Waals surface area contributed by atoms with Crippen LogP contribution in [-0.2, 0) is 9.59 Å². The molecule has 4 rings (SSSR count). The first-order valence-electron chi connectivity index (χ1n) is 12.6. The highest BCUT2D eigenvalue weighted by atomic mass is 32.2. The second kappa shape index (κ2) is 11.8. The van der Waals surface area contributed by atoms with Crippen molar-refractivity contribution in [1.82, 2.24) is 15.1 Å². The summed E-state index contributed by atoms with van der Waals surface area (Å²) in [5.74, 6) is 0.154. The normalized spacial score (nSPS) is 17.1. The standard InChI is InChI=1S/C29H35N5O2S/c1-19(2)21-11-13-22(14-12-21)27-26(28(36)32-23-9-7-6-8-10-23)20(3)31-29-34(27)24(18-37-29)17-25(35)30-15-16-33(4)5/h6-14,18-19,27H,15-17H2,1-5H3,(H,30,35)(H,32,36)/t27-/m0/s1. The van der Waals surface area contributed by atoms with Gasteiger partial charge in [0.2, 0.25) is 5.91 Å². The van der Waals surface area contributed by atoms with E-state index in [-0.39, 0.29) is 18.2 Å². The van der Waals surface area contributed by atoms with Crippen LogP contribution < -0.4 is 10.6 Å². The third-order valence-corrected chi connectivity index (χ3v) is 7.31. The molecule has 0 aromatic heterocycles. The summed E-state index contributed by atoms with van der Waals surface area (Å²) in [6.45, 7) is 7.56. The van der Waals surface area contributed by atoms with E-state index >= 15 is 0 Å². The number of amidine groups is 1. The molecule has 0 saturated carbocycles. The predicted molar refractivity (Wildman–Crippen MR) is 152 cm³/mol. The summed E-state index contributed by atoms with van der Waals surface area (Å²) in [7, 11) is 3.95. The molecule has 194 valence electrons. The number of benzene rings is 2. The highest BCUT2D eigenvalue weighted by Crippen LogP contribution is 2.45. The van der Waals surface area contributed by atoms with Crippen molar-refractivity contribution < 1.29 is 9.59 Å². The van der Waals surface area contributed by atoms with Crippen LogP contribution in [0, 0.1) is 0 Å². The number of fused-ring (bicyclic) bond motifs is 1. The van der Waals surface area contributed by atoms with Gasteiger partial charge in [-0.25, -0.2) is 4.99 Å². The number of hydrogen-bond acceptors (Lipinski definition) is 6. The van der Waals surface area contributed by atoms with Crippen LogP contribution in [0.4, 0.5) is 5.69 Å². The molecular weight excluding hydrogens is 482 g/mol. The minimum atomic E-state index is -0.395. The molecule has 0 unspecified atom stereocenters. The fraction of sp³-hybridized carbons (Fsp3) is 0.345. The van der Waals surface area contributed by atoms with Crippen molar-refractivity contribution in [3.8, 4) is 0 Å². The van der Waals surface area contributed by atoms with Crippen LogP contribution in [0.5, 0.6) is 0 Å². The molecule has 7 nitrogen and oxygen atoms in total. The van der Waals surface area contributed by atoms with Gasteiger partial charge in [0.25, 0.3) is 5.91 Å². The van der Waals surface area contributed by atoms with Crippen LogP contribution in [-0.4, -0.2) is 54.0 Å². The summed E-state index contributed by atoms with van der Waals surface area (Å²) < 4.78 is 0. The Morgan fingerprint density at radius 1 is 1.08 bits per heavy atom. The number of allylic oxidation sites excluding steroid dienone is 1. The molecule has 0 fully saturated rings.